The number of aromatic amines is 1. The Balaban J connectivity index is 2.23. The normalized spacial score (nSPS) is 10.3. The van der Waals surface area contributed by atoms with Crippen molar-refractivity contribution in [2.24, 2.45) is 0 Å². The molecule has 0 spiro atoms. The Morgan fingerprint density at radius 3 is 2.50 bits per heavy atom. The predicted octanol–water partition coefficient (Wildman–Crippen LogP) is 3.10. The highest BCUT2D eigenvalue weighted by Crippen LogP contribution is 2.27. The number of aryl methyl sites for hydroxylation is 2. The molecule has 0 aliphatic rings. The Kier molecular flexibility index (Phi) is 4.45. The minimum atomic E-state index is -0.196. The zero-order chi connectivity index (χ0) is 14.5. The first kappa shape index (κ1) is 14.2. The lowest BCUT2D eigenvalue weighted by atomic mass is 10.0. The van der Waals surface area contributed by atoms with Crippen molar-refractivity contribution in [3.05, 3.63) is 41.7 Å². The van der Waals surface area contributed by atoms with Crippen LogP contribution in [0.4, 0.5) is 0 Å². The molecule has 0 saturated carbocycles. The van der Waals surface area contributed by atoms with Gasteiger partial charge in [-0.05, 0) is 37.1 Å². The molecule has 4 nitrogen and oxygen atoms in total. The fourth-order valence-electron chi connectivity index (χ4n) is 2.20. The quantitative estimate of drug-likeness (QED) is 0.852. The van der Waals surface area contributed by atoms with Gasteiger partial charge in [0.1, 0.15) is 5.75 Å². The number of H-pyrrole nitrogens is 1. The highest BCUT2D eigenvalue weighted by atomic mass is 16.5. The molecule has 0 saturated heterocycles. The van der Waals surface area contributed by atoms with E-state index in [1.807, 2.05) is 31.2 Å². The fraction of sp³-hybridized carbons (Fsp3) is 0.312. The first-order chi connectivity index (χ1) is 9.63. The summed E-state index contributed by atoms with van der Waals surface area (Å²) in [5, 5.41) is 0. The van der Waals surface area contributed by atoms with Gasteiger partial charge in [-0.25, -0.2) is 0 Å². The van der Waals surface area contributed by atoms with Crippen molar-refractivity contribution in [2.75, 3.05) is 14.2 Å². The summed E-state index contributed by atoms with van der Waals surface area (Å²) in [5.41, 5.74) is 4.36. The lowest BCUT2D eigenvalue weighted by Gasteiger charge is -2.05. The Bertz CT molecular complexity index is 584. The molecule has 20 heavy (non-hydrogen) atoms. The molecule has 0 amide bonds. The van der Waals surface area contributed by atoms with Crippen LogP contribution in [0.5, 0.6) is 5.75 Å². The van der Waals surface area contributed by atoms with Gasteiger partial charge in [0, 0.05) is 17.0 Å². The molecule has 106 valence electrons. The van der Waals surface area contributed by atoms with Gasteiger partial charge in [-0.1, -0.05) is 12.1 Å². The van der Waals surface area contributed by atoms with E-state index in [1.165, 1.54) is 7.11 Å². The van der Waals surface area contributed by atoms with Gasteiger partial charge < -0.3 is 14.5 Å². The summed E-state index contributed by atoms with van der Waals surface area (Å²) in [4.78, 5) is 14.6. The maximum Gasteiger partial charge on any atom is 0.305 e. The summed E-state index contributed by atoms with van der Waals surface area (Å²) in [7, 11) is 3.06. The number of carbonyl (C=O) groups excluding carboxylic acids is 1. The second-order valence-corrected chi connectivity index (χ2v) is 4.65. The molecule has 0 unspecified atom stereocenters. The lowest BCUT2D eigenvalue weighted by molar-refractivity contribution is -0.140. The van der Waals surface area contributed by atoms with Crippen LogP contribution in [0.3, 0.4) is 0 Å². The van der Waals surface area contributed by atoms with E-state index in [-0.39, 0.29) is 5.97 Å². The number of benzene rings is 1. The molecule has 1 N–H and O–H groups in total. The second kappa shape index (κ2) is 6.28. The summed E-state index contributed by atoms with van der Waals surface area (Å²) < 4.78 is 9.85. The predicted molar refractivity (Wildman–Crippen MR) is 77.9 cm³/mol. The van der Waals surface area contributed by atoms with Crippen LogP contribution >= 0.6 is 0 Å². The van der Waals surface area contributed by atoms with Crippen LogP contribution in [-0.4, -0.2) is 25.2 Å². The molecule has 2 aromatic rings. The van der Waals surface area contributed by atoms with Crippen LogP contribution in [0, 0.1) is 6.92 Å². The highest BCUT2D eigenvalue weighted by molar-refractivity contribution is 5.72. The zero-order valence-electron chi connectivity index (χ0n) is 12.0. The van der Waals surface area contributed by atoms with E-state index in [1.54, 1.807) is 7.11 Å². The average Bonchev–Trinajstić information content (AvgIpc) is 2.85. The summed E-state index contributed by atoms with van der Waals surface area (Å²) in [6.07, 6.45) is 1.02. The molecule has 0 radical (unpaired) electrons. The van der Waals surface area contributed by atoms with Gasteiger partial charge in [0.2, 0.25) is 0 Å². The third-order valence-electron chi connectivity index (χ3n) is 3.24. The summed E-state index contributed by atoms with van der Waals surface area (Å²) >= 11 is 0. The summed E-state index contributed by atoms with van der Waals surface area (Å²) in [6, 6.07) is 9.99. The van der Waals surface area contributed by atoms with E-state index in [2.05, 4.69) is 15.8 Å². The maximum atomic E-state index is 11.3. The van der Waals surface area contributed by atoms with Crippen LogP contribution < -0.4 is 4.74 Å². The van der Waals surface area contributed by atoms with E-state index in [4.69, 9.17) is 4.74 Å². The molecule has 0 aliphatic heterocycles. The smallest absolute Gasteiger partial charge is 0.305 e. The van der Waals surface area contributed by atoms with E-state index in [9.17, 15) is 4.79 Å². The van der Waals surface area contributed by atoms with Crippen LogP contribution in [0.25, 0.3) is 11.1 Å². The number of esters is 1. The Morgan fingerprint density at radius 2 is 1.90 bits per heavy atom. The number of aromatic nitrogens is 1. The Labute approximate surface area is 118 Å². The highest BCUT2D eigenvalue weighted by Gasteiger charge is 2.11. The van der Waals surface area contributed by atoms with Crippen molar-refractivity contribution in [3.63, 3.8) is 0 Å². The molecule has 4 heteroatoms. The van der Waals surface area contributed by atoms with Gasteiger partial charge in [0.05, 0.1) is 20.6 Å². The van der Waals surface area contributed by atoms with Gasteiger partial charge >= 0.3 is 5.97 Å². The average molecular weight is 273 g/mol. The van der Waals surface area contributed by atoms with Gasteiger partial charge in [-0.15, -0.1) is 0 Å². The Morgan fingerprint density at radius 1 is 1.20 bits per heavy atom. The zero-order valence-corrected chi connectivity index (χ0v) is 12.0. The monoisotopic (exact) mass is 273 g/mol. The van der Waals surface area contributed by atoms with Gasteiger partial charge in [0.15, 0.2) is 0 Å². The molecule has 0 bridgehead atoms. The van der Waals surface area contributed by atoms with Crippen molar-refractivity contribution in [3.8, 4) is 16.9 Å². The van der Waals surface area contributed by atoms with E-state index in [0.717, 1.165) is 28.3 Å². The second-order valence-electron chi connectivity index (χ2n) is 4.65. The van der Waals surface area contributed by atoms with Crippen molar-refractivity contribution < 1.29 is 14.3 Å². The number of ether oxygens (including phenoxy) is 2. The molecule has 1 aromatic heterocycles. The summed E-state index contributed by atoms with van der Waals surface area (Å²) in [5.74, 6) is 0.634. The molecular weight excluding hydrogens is 254 g/mol. The third-order valence-corrected chi connectivity index (χ3v) is 3.24. The third kappa shape index (κ3) is 3.20. The SMILES string of the molecule is COC(=O)CCc1[nH]c(C)cc1-c1ccc(OC)cc1. The standard InChI is InChI=1S/C16H19NO3/c1-11-10-14(12-4-6-13(19-2)7-5-12)15(17-11)8-9-16(18)20-3/h4-7,10,17H,8-9H2,1-3H3. The molecular formula is C16H19NO3. The molecule has 0 atom stereocenters. The van der Waals surface area contributed by atoms with Crippen molar-refractivity contribution in [1.82, 2.24) is 4.98 Å². The minimum Gasteiger partial charge on any atom is -0.497 e. The van der Waals surface area contributed by atoms with E-state index >= 15 is 0 Å². The van der Waals surface area contributed by atoms with Crippen molar-refractivity contribution in [2.45, 2.75) is 19.8 Å². The first-order valence-electron chi connectivity index (χ1n) is 6.53. The number of hydrogen-bond donors (Lipinski definition) is 1. The van der Waals surface area contributed by atoms with E-state index in [0.29, 0.717) is 12.8 Å². The molecule has 0 aliphatic carbocycles. The van der Waals surface area contributed by atoms with Crippen LogP contribution in [-0.2, 0) is 16.0 Å². The number of rotatable bonds is 5. The van der Waals surface area contributed by atoms with E-state index < -0.39 is 0 Å². The molecule has 2 rings (SSSR count). The number of methoxy groups -OCH3 is 2. The largest absolute Gasteiger partial charge is 0.497 e. The van der Waals surface area contributed by atoms with Gasteiger partial charge in [0.25, 0.3) is 0 Å². The maximum absolute atomic E-state index is 11.3. The lowest BCUT2D eigenvalue weighted by Crippen LogP contribution is -2.02. The van der Waals surface area contributed by atoms with Crippen LogP contribution in [0.1, 0.15) is 17.8 Å². The van der Waals surface area contributed by atoms with Crippen LogP contribution in [0.15, 0.2) is 30.3 Å². The van der Waals surface area contributed by atoms with Gasteiger partial charge in [-0.2, -0.15) is 0 Å². The Hall–Kier alpha value is -2.23. The summed E-state index contributed by atoms with van der Waals surface area (Å²) in [6.45, 7) is 2.01. The molecule has 1 heterocycles. The molecule has 0 fully saturated rings. The van der Waals surface area contributed by atoms with Crippen molar-refractivity contribution >= 4 is 5.97 Å². The number of hydrogen-bond acceptors (Lipinski definition) is 3. The topological polar surface area (TPSA) is 51.3 Å². The first-order valence-corrected chi connectivity index (χ1v) is 6.53. The fourth-order valence-corrected chi connectivity index (χ4v) is 2.20. The van der Waals surface area contributed by atoms with Crippen molar-refractivity contribution in [1.29, 1.82) is 0 Å². The number of nitrogens with one attached hydrogen (secondary N) is 1. The molecule has 1 aromatic carbocycles. The van der Waals surface area contributed by atoms with Gasteiger partial charge in [-0.3, -0.25) is 4.79 Å². The van der Waals surface area contributed by atoms with Crippen LogP contribution in [0.2, 0.25) is 0 Å². The minimum absolute atomic E-state index is 0.196. The number of carbonyl (C=O) groups is 1.